The molecule has 4 heteroatoms. The molecular weight excluding hydrogens is 268 g/mol. The van der Waals surface area contributed by atoms with Gasteiger partial charge in [0.15, 0.2) is 0 Å². The van der Waals surface area contributed by atoms with Gasteiger partial charge in [0, 0.05) is 27.7 Å². The van der Waals surface area contributed by atoms with Crippen molar-refractivity contribution < 1.29 is 8.78 Å². The first kappa shape index (κ1) is 12.2. The first-order valence-corrected chi connectivity index (χ1v) is 6.21. The summed E-state index contributed by atoms with van der Waals surface area (Å²) in [6, 6.07) is 11.2. The number of halogens is 3. The Morgan fingerprint density at radius 3 is 2.37 bits per heavy atom. The molecule has 0 bridgehead atoms. The highest BCUT2D eigenvalue weighted by Gasteiger charge is 2.11. The Hall–Kier alpha value is -1.87. The third kappa shape index (κ3) is 2.10. The van der Waals surface area contributed by atoms with E-state index in [4.69, 9.17) is 11.6 Å². The highest BCUT2D eigenvalue weighted by atomic mass is 35.5. The minimum atomic E-state index is -0.538. The maximum atomic E-state index is 13.6. The molecule has 3 rings (SSSR count). The predicted octanol–water partition coefficient (Wildman–Crippen LogP) is 4.62. The van der Waals surface area contributed by atoms with Gasteiger partial charge in [-0.05, 0) is 30.3 Å². The Labute approximate surface area is 114 Å². The zero-order valence-corrected chi connectivity index (χ0v) is 10.7. The van der Waals surface area contributed by atoms with Crippen LogP contribution in [0.15, 0.2) is 48.7 Å². The van der Waals surface area contributed by atoms with Gasteiger partial charge < -0.3 is 4.57 Å². The monoisotopic (exact) mass is 277 g/mol. The second-order valence-electron chi connectivity index (χ2n) is 4.32. The van der Waals surface area contributed by atoms with Crippen LogP contribution in [0.4, 0.5) is 8.78 Å². The summed E-state index contributed by atoms with van der Waals surface area (Å²) in [4.78, 5) is 0. The summed E-state index contributed by atoms with van der Waals surface area (Å²) in [5.41, 5.74) is 0.912. The van der Waals surface area contributed by atoms with E-state index in [1.807, 2.05) is 18.2 Å². The van der Waals surface area contributed by atoms with Gasteiger partial charge in [-0.15, -0.1) is 0 Å². The topological polar surface area (TPSA) is 4.93 Å². The summed E-state index contributed by atoms with van der Waals surface area (Å²) in [5, 5.41) is 1.51. The number of aromatic nitrogens is 1. The lowest BCUT2D eigenvalue weighted by molar-refractivity contribution is 0.547. The molecule has 0 amide bonds. The maximum absolute atomic E-state index is 13.6. The van der Waals surface area contributed by atoms with Gasteiger partial charge >= 0.3 is 0 Å². The van der Waals surface area contributed by atoms with Gasteiger partial charge in [-0.25, -0.2) is 8.78 Å². The number of nitrogens with zero attached hydrogens (tertiary/aromatic N) is 1. The quantitative estimate of drug-likeness (QED) is 0.644. The minimum Gasteiger partial charge on any atom is -0.343 e. The van der Waals surface area contributed by atoms with Crippen molar-refractivity contribution in [2.24, 2.45) is 0 Å². The van der Waals surface area contributed by atoms with E-state index in [0.29, 0.717) is 5.02 Å². The Kier molecular flexibility index (Phi) is 2.99. The van der Waals surface area contributed by atoms with E-state index < -0.39 is 11.6 Å². The van der Waals surface area contributed by atoms with Crippen molar-refractivity contribution in [1.82, 2.24) is 4.57 Å². The van der Waals surface area contributed by atoms with Crippen LogP contribution in [0.3, 0.4) is 0 Å². The van der Waals surface area contributed by atoms with Crippen LogP contribution in [-0.4, -0.2) is 4.57 Å². The average molecular weight is 278 g/mol. The van der Waals surface area contributed by atoms with Crippen LogP contribution in [0.5, 0.6) is 0 Å². The first-order valence-electron chi connectivity index (χ1n) is 5.83. The molecule has 0 saturated carbocycles. The third-order valence-electron chi connectivity index (χ3n) is 3.15. The molecule has 1 aromatic heterocycles. The molecule has 96 valence electrons. The average Bonchev–Trinajstić information content (AvgIpc) is 2.79. The Morgan fingerprint density at radius 1 is 0.947 bits per heavy atom. The normalized spacial score (nSPS) is 11.1. The molecule has 0 radical (unpaired) electrons. The standard InChI is InChI=1S/C15H10ClF2N/c16-12-3-1-6-15-10(12)7-8-19(15)9-11-13(17)4-2-5-14(11)18/h1-8H,9H2. The molecular formula is C15H10ClF2N. The maximum Gasteiger partial charge on any atom is 0.131 e. The number of benzene rings is 2. The van der Waals surface area contributed by atoms with Crippen LogP contribution in [0.2, 0.25) is 5.02 Å². The van der Waals surface area contributed by atoms with Gasteiger partial charge in [0.05, 0.1) is 6.54 Å². The van der Waals surface area contributed by atoms with Crippen LogP contribution in [-0.2, 0) is 6.54 Å². The van der Waals surface area contributed by atoms with Crippen molar-refractivity contribution in [3.8, 4) is 0 Å². The van der Waals surface area contributed by atoms with Crippen molar-refractivity contribution in [3.63, 3.8) is 0 Å². The van der Waals surface area contributed by atoms with E-state index in [1.165, 1.54) is 18.2 Å². The van der Waals surface area contributed by atoms with Gasteiger partial charge in [-0.2, -0.15) is 0 Å². The molecule has 1 nitrogen and oxygen atoms in total. The molecule has 0 aliphatic heterocycles. The number of hydrogen-bond acceptors (Lipinski definition) is 0. The van der Waals surface area contributed by atoms with Crippen LogP contribution < -0.4 is 0 Å². The summed E-state index contributed by atoms with van der Waals surface area (Å²) in [6.07, 6.45) is 1.78. The number of hydrogen-bond donors (Lipinski definition) is 0. The molecule has 0 aliphatic rings. The van der Waals surface area contributed by atoms with Crippen LogP contribution in [0.25, 0.3) is 10.9 Å². The minimum absolute atomic E-state index is 0.0555. The molecule has 0 N–H and O–H groups in total. The molecule has 0 saturated heterocycles. The lowest BCUT2D eigenvalue weighted by atomic mass is 10.2. The smallest absolute Gasteiger partial charge is 0.131 e. The van der Waals surface area contributed by atoms with Gasteiger partial charge in [-0.3, -0.25) is 0 Å². The summed E-state index contributed by atoms with van der Waals surface area (Å²) in [5.74, 6) is -1.08. The van der Waals surface area contributed by atoms with E-state index in [9.17, 15) is 8.78 Å². The lowest BCUT2D eigenvalue weighted by Gasteiger charge is -2.08. The van der Waals surface area contributed by atoms with E-state index in [0.717, 1.165) is 10.9 Å². The molecule has 0 unspecified atom stereocenters. The molecule has 2 aromatic carbocycles. The highest BCUT2D eigenvalue weighted by molar-refractivity contribution is 6.35. The summed E-state index contributed by atoms with van der Waals surface area (Å²) in [7, 11) is 0. The van der Waals surface area contributed by atoms with E-state index in [1.54, 1.807) is 16.8 Å². The van der Waals surface area contributed by atoms with E-state index in [-0.39, 0.29) is 12.1 Å². The van der Waals surface area contributed by atoms with Gasteiger partial charge in [-0.1, -0.05) is 23.7 Å². The second-order valence-corrected chi connectivity index (χ2v) is 4.72. The molecule has 3 aromatic rings. The van der Waals surface area contributed by atoms with Crippen LogP contribution >= 0.6 is 11.6 Å². The fraction of sp³-hybridized carbons (Fsp3) is 0.0667. The van der Waals surface area contributed by atoms with Crippen molar-refractivity contribution >= 4 is 22.5 Å². The molecule has 0 aliphatic carbocycles. The van der Waals surface area contributed by atoms with Gasteiger partial charge in [0.2, 0.25) is 0 Å². The molecule has 19 heavy (non-hydrogen) atoms. The summed E-state index contributed by atoms with van der Waals surface area (Å²) < 4.78 is 29.1. The Balaban J connectivity index is 2.09. The van der Waals surface area contributed by atoms with Gasteiger partial charge in [0.25, 0.3) is 0 Å². The summed E-state index contributed by atoms with van der Waals surface area (Å²) >= 11 is 6.07. The molecule has 0 fully saturated rings. The second kappa shape index (κ2) is 4.67. The van der Waals surface area contributed by atoms with E-state index >= 15 is 0 Å². The van der Waals surface area contributed by atoms with Crippen molar-refractivity contribution in [3.05, 3.63) is 70.9 Å². The number of fused-ring (bicyclic) bond motifs is 1. The largest absolute Gasteiger partial charge is 0.343 e. The third-order valence-corrected chi connectivity index (χ3v) is 3.48. The first-order chi connectivity index (χ1) is 9.16. The van der Waals surface area contributed by atoms with E-state index in [2.05, 4.69) is 0 Å². The van der Waals surface area contributed by atoms with Crippen molar-refractivity contribution in [2.45, 2.75) is 6.54 Å². The fourth-order valence-corrected chi connectivity index (χ4v) is 2.41. The molecule has 1 heterocycles. The van der Waals surface area contributed by atoms with Crippen LogP contribution in [0, 0.1) is 11.6 Å². The predicted molar refractivity (Wildman–Crippen MR) is 72.4 cm³/mol. The Bertz CT molecular complexity index is 729. The Morgan fingerprint density at radius 2 is 1.63 bits per heavy atom. The molecule has 0 spiro atoms. The zero-order valence-electron chi connectivity index (χ0n) is 9.91. The van der Waals surface area contributed by atoms with Gasteiger partial charge in [0.1, 0.15) is 11.6 Å². The van der Waals surface area contributed by atoms with Crippen molar-refractivity contribution in [1.29, 1.82) is 0 Å². The fourth-order valence-electron chi connectivity index (χ4n) is 2.18. The molecule has 0 atom stereocenters. The SMILES string of the molecule is Fc1cccc(F)c1Cn1ccc2c(Cl)cccc21. The summed E-state index contributed by atoms with van der Waals surface area (Å²) in [6.45, 7) is 0.141. The highest BCUT2D eigenvalue weighted by Crippen LogP contribution is 2.25. The number of rotatable bonds is 2. The lowest BCUT2D eigenvalue weighted by Crippen LogP contribution is -2.03. The zero-order chi connectivity index (χ0) is 13.4. The van der Waals surface area contributed by atoms with Crippen LogP contribution in [0.1, 0.15) is 5.56 Å². The van der Waals surface area contributed by atoms with Crippen molar-refractivity contribution in [2.75, 3.05) is 0 Å².